The lowest BCUT2D eigenvalue weighted by molar-refractivity contribution is 0.0817. The molecule has 0 spiro atoms. The SMILES string of the molecule is C=C1/C(=C\C=C2/CCC[C@]3(C)[C@@H](C4(CC#CC(C)(C)O)CC4)CC[C@@H]23)CCC[C@@H]1O. The van der Waals surface area contributed by atoms with E-state index in [0.29, 0.717) is 16.7 Å². The summed E-state index contributed by atoms with van der Waals surface area (Å²) in [5, 5.41) is 20.1. The fraction of sp³-hybridized carbons (Fsp3) is 0.714. The van der Waals surface area contributed by atoms with Crippen molar-refractivity contribution in [2.24, 2.45) is 22.7 Å². The fourth-order valence-corrected chi connectivity index (χ4v) is 6.92. The Labute approximate surface area is 183 Å². The van der Waals surface area contributed by atoms with Gasteiger partial charge in [-0.3, -0.25) is 0 Å². The minimum Gasteiger partial charge on any atom is -0.388 e. The van der Waals surface area contributed by atoms with Gasteiger partial charge in [0.05, 0.1) is 6.10 Å². The number of fused-ring (bicyclic) bond motifs is 1. The maximum absolute atomic E-state index is 10.1. The van der Waals surface area contributed by atoms with Crippen LogP contribution in [-0.4, -0.2) is 21.9 Å². The number of allylic oxidation sites excluding steroid dienone is 3. The van der Waals surface area contributed by atoms with Gasteiger partial charge in [0.1, 0.15) is 5.60 Å². The summed E-state index contributed by atoms with van der Waals surface area (Å²) in [6, 6.07) is 0. The van der Waals surface area contributed by atoms with Crippen molar-refractivity contribution in [1.29, 1.82) is 0 Å². The molecule has 2 N–H and O–H groups in total. The molecular formula is C28H40O2. The van der Waals surface area contributed by atoms with Crippen molar-refractivity contribution >= 4 is 0 Å². The van der Waals surface area contributed by atoms with Crippen molar-refractivity contribution in [3.05, 3.63) is 35.5 Å². The van der Waals surface area contributed by atoms with Crippen LogP contribution in [0.4, 0.5) is 0 Å². The molecule has 30 heavy (non-hydrogen) atoms. The molecule has 2 heteroatoms. The Kier molecular flexibility index (Phi) is 5.84. The molecule has 4 atom stereocenters. The molecule has 0 amide bonds. The van der Waals surface area contributed by atoms with Crippen LogP contribution in [0, 0.1) is 34.5 Å². The third-order valence-corrected chi connectivity index (χ3v) is 8.67. The number of aliphatic hydroxyl groups is 2. The summed E-state index contributed by atoms with van der Waals surface area (Å²) in [6.07, 6.45) is 17.3. The molecule has 164 valence electrons. The van der Waals surface area contributed by atoms with Gasteiger partial charge in [0.15, 0.2) is 0 Å². The zero-order valence-electron chi connectivity index (χ0n) is 19.3. The Morgan fingerprint density at radius 2 is 1.87 bits per heavy atom. The van der Waals surface area contributed by atoms with E-state index < -0.39 is 5.60 Å². The van der Waals surface area contributed by atoms with E-state index in [9.17, 15) is 10.2 Å². The fourth-order valence-electron chi connectivity index (χ4n) is 6.92. The van der Waals surface area contributed by atoms with Gasteiger partial charge in [0, 0.05) is 6.42 Å². The number of aliphatic hydroxyl groups excluding tert-OH is 1. The van der Waals surface area contributed by atoms with Crippen molar-refractivity contribution < 1.29 is 10.2 Å². The van der Waals surface area contributed by atoms with Gasteiger partial charge in [-0.1, -0.05) is 43.1 Å². The highest BCUT2D eigenvalue weighted by molar-refractivity contribution is 5.38. The van der Waals surface area contributed by atoms with Gasteiger partial charge in [-0.05, 0) is 112 Å². The van der Waals surface area contributed by atoms with Gasteiger partial charge >= 0.3 is 0 Å². The Hall–Kier alpha value is -1.30. The topological polar surface area (TPSA) is 40.5 Å². The van der Waals surface area contributed by atoms with E-state index in [-0.39, 0.29) is 6.10 Å². The summed E-state index contributed by atoms with van der Waals surface area (Å²) in [7, 11) is 0. The summed E-state index contributed by atoms with van der Waals surface area (Å²) in [4.78, 5) is 0. The molecule has 2 nitrogen and oxygen atoms in total. The van der Waals surface area contributed by atoms with Crippen LogP contribution in [0.5, 0.6) is 0 Å². The van der Waals surface area contributed by atoms with Crippen LogP contribution in [0.15, 0.2) is 35.5 Å². The molecule has 4 saturated carbocycles. The third kappa shape index (κ3) is 4.21. The first-order chi connectivity index (χ1) is 14.1. The maximum atomic E-state index is 10.1. The zero-order chi connectivity index (χ0) is 21.6. The molecule has 0 heterocycles. The van der Waals surface area contributed by atoms with Crippen molar-refractivity contribution in [3.63, 3.8) is 0 Å². The second-order valence-electron chi connectivity index (χ2n) is 11.3. The van der Waals surface area contributed by atoms with Gasteiger partial charge < -0.3 is 10.2 Å². The standard InChI is InChI=1S/C28H40O2/c1-20-21(8-5-10-24(20)29)11-12-22-9-6-16-27(4)23(22)13-14-25(27)28(18-19-28)17-7-15-26(2,3)30/h11-12,23-25,29-30H,1,5-6,8-10,13-14,16-19H2,2-4H3/b21-11-,22-12+/t23-,24-,25-,27-/m0/s1. The predicted molar refractivity (Wildman–Crippen MR) is 124 cm³/mol. The highest BCUT2D eigenvalue weighted by Gasteiger charge is 2.60. The lowest BCUT2D eigenvalue weighted by Gasteiger charge is -2.45. The van der Waals surface area contributed by atoms with E-state index in [1.807, 2.05) is 0 Å². The van der Waals surface area contributed by atoms with Gasteiger partial charge in [0.2, 0.25) is 0 Å². The van der Waals surface area contributed by atoms with Crippen LogP contribution < -0.4 is 0 Å². The molecule has 4 fully saturated rings. The summed E-state index contributed by atoms with van der Waals surface area (Å²) >= 11 is 0. The average molecular weight is 409 g/mol. The molecule has 0 bridgehead atoms. The predicted octanol–water partition coefficient (Wildman–Crippen LogP) is 6.10. The molecule has 0 aromatic rings. The summed E-state index contributed by atoms with van der Waals surface area (Å²) in [5.41, 5.74) is 3.71. The monoisotopic (exact) mass is 408 g/mol. The minimum atomic E-state index is -0.886. The van der Waals surface area contributed by atoms with E-state index >= 15 is 0 Å². The number of hydrogen-bond donors (Lipinski definition) is 2. The second-order valence-corrected chi connectivity index (χ2v) is 11.3. The van der Waals surface area contributed by atoms with Crippen LogP contribution in [-0.2, 0) is 0 Å². The Balaban J connectivity index is 1.52. The summed E-state index contributed by atoms with van der Waals surface area (Å²) < 4.78 is 0. The summed E-state index contributed by atoms with van der Waals surface area (Å²) in [5.74, 6) is 7.85. The van der Waals surface area contributed by atoms with Crippen molar-refractivity contribution in [2.45, 2.75) is 103 Å². The zero-order valence-corrected chi connectivity index (χ0v) is 19.3. The lowest BCUT2D eigenvalue weighted by Crippen LogP contribution is -2.37. The molecule has 0 saturated heterocycles. The quantitative estimate of drug-likeness (QED) is 0.554. The normalized spacial score (nSPS) is 38.3. The molecular weight excluding hydrogens is 368 g/mol. The first-order valence-corrected chi connectivity index (χ1v) is 12.1. The van der Waals surface area contributed by atoms with E-state index in [1.165, 1.54) is 50.5 Å². The molecule has 0 aromatic carbocycles. The largest absolute Gasteiger partial charge is 0.388 e. The van der Waals surface area contributed by atoms with Gasteiger partial charge in [0.25, 0.3) is 0 Å². The molecule has 4 rings (SSSR count). The highest BCUT2D eigenvalue weighted by atomic mass is 16.3. The van der Waals surface area contributed by atoms with Crippen LogP contribution in [0.3, 0.4) is 0 Å². The van der Waals surface area contributed by atoms with Crippen LogP contribution in [0.1, 0.15) is 91.4 Å². The first kappa shape index (κ1) is 21.9. The van der Waals surface area contributed by atoms with Crippen LogP contribution in [0.25, 0.3) is 0 Å². The summed E-state index contributed by atoms with van der Waals surface area (Å²) in [6.45, 7) is 10.3. The van der Waals surface area contributed by atoms with E-state index in [2.05, 4.69) is 37.5 Å². The van der Waals surface area contributed by atoms with Crippen LogP contribution in [0.2, 0.25) is 0 Å². The van der Waals surface area contributed by atoms with Gasteiger partial charge in [-0.2, -0.15) is 0 Å². The minimum absolute atomic E-state index is 0.351. The highest BCUT2D eigenvalue weighted by Crippen LogP contribution is 2.69. The van der Waals surface area contributed by atoms with Crippen LogP contribution >= 0.6 is 0 Å². The van der Waals surface area contributed by atoms with Gasteiger partial charge in [-0.25, -0.2) is 0 Å². The van der Waals surface area contributed by atoms with Gasteiger partial charge in [-0.15, -0.1) is 0 Å². The Morgan fingerprint density at radius 1 is 1.10 bits per heavy atom. The van der Waals surface area contributed by atoms with Crippen molar-refractivity contribution in [1.82, 2.24) is 0 Å². The lowest BCUT2D eigenvalue weighted by atomic mass is 9.59. The molecule has 0 aliphatic heterocycles. The van der Waals surface area contributed by atoms with E-state index in [0.717, 1.165) is 37.2 Å². The third-order valence-electron chi connectivity index (χ3n) is 8.67. The maximum Gasteiger partial charge on any atom is 0.119 e. The molecule has 0 unspecified atom stereocenters. The molecule has 4 aliphatic rings. The Bertz CT molecular complexity index is 808. The van der Waals surface area contributed by atoms with E-state index in [4.69, 9.17) is 0 Å². The number of hydrogen-bond acceptors (Lipinski definition) is 2. The first-order valence-electron chi connectivity index (χ1n) is 12.1. The second kappa shape index (κ2) is 7.99. The van der Waals surface area contributed by atoms with Crippen molar-refractivity contribution in [2.75, 3.05) is 0 Å². The molecule has 4 aliphatic carbocycles. The van der Waals surface area contributed by atoms with Crippen molar-refractivity contribution in [3.8, 4) is 11.8 Å². The molecule has 0 aromatic heterocycles. The number of rotatable bonds is 3. The average Bonchev–Trinajstić information content (AvgIpc) is 3.35. The van der Waals surface area contributed by atoms with E-state index in [1.54, 1.807) is 19.4 Å². The smallest absolute Gasteiger partial charge is 0.119 e. The molecule has 0 radical (unpaired) electrons. The Morgan fingerprint density at radius 3 is 2.57 bits per heavy atom.